The van der Waals surface area contributed by atoms with Gasteiger partial charge in [0.05, 0.1) is 31.0 Å². The summed E-state index contributed by atoms with van der Waals surface area (Å²) in [5.41, 5.74) is 7.46. The van der Waals surface area contributed by atoms with Crippen LogP contribution in [0.25, 0.3) is 0 Å². The highest BCUT2D eigenvalue weighted by Crippen LogP contribution is 2.21. The van der Waals surface area contributed by atoms with E-state index in [0.717, 1.165) is 5.56 Å². The molecule has 0 amide bonds. The van der Waals surface area contributed by atoms with Crippen molar-refractivity contribution in [2.45, 2.75) is 13.5 Å². The Kier molecular flexibility index (Phi) is 4.24. The average molecular weight is 275 g/mol. The standard InChI is InChI=1S/C14H17N3O3/c1-3-20-14(18)12-6-11(15)7-16-13(12)17(2)8-10-4-5-19-9-10/h4-7,9H,3,8,15H2,1-2H3. The predicted octanol–water partition coefficient (Wildman–Crippen LogP) is 2.07. The van der Waals surface area contributed by atoms with Crippen LogP contribution in [0.2, 0.25) is 0 Å². The van der Waals surface area contributed by atoms with Crippen LogP contribution in [-0.2, 0) is 11.3 Å². The number of nitrogens with two attached hydrogens (primary N) is 1. The largest absolute Gasteiger partial charge is 0.472 e. The molecule has 0 aliphatic rings. The maximum Gasteiger partial charge on any atom is 0.341 e. The summed E-state index contributed by atoms with van der Waals surface area (Å²) in [4.78, 5) is 18.0. The summed E-state index contributed by atoms with van der Waals surface area (Å²) in [6, 6.07) is 3.43. The number of ether oxygens (including phenoxy) is 1. The monoisotopic (exact) mass is 275 g/mol. The Bertz CT molecular complexity index is 581. The van der Waals surface area contributed by atoms with Gasteiger partial charge in [-0.3, -0.25) is 0 Å². The zero-order chi connectivity index (χ0) is 14.5. The normalized spacial score (nSPS) is 10.3. The van der Waals surface area contributed by atoms with E-state index in [-0.39, 0.29) is 0 Å². The van der Waals surface area contributed by atoms with Gasteiger partial charge in [0.25, 0.3) is 0 Å². The Morgan fingerprint density at radius 2 is 2.35 bits per heavy atom. The molecule has 2 aromatic rings. The lowest BCUT2D eigenvalue weighted by Gasteiger charge is -2.20. The minimum atomic E-state index is -0.429. The highest BCUT2D eigenvalue weighted by molar-refractivity contribution is 5.95. The van der Waals surface area contributed by atoms with Gasteiger partial charge in [-0.1, -0.05) is 0 Å². The Morgan fingerprint density at radius 3 is 3.00 bits per heavy atom. The third kappa shape index (κ3) is 3.09. The SMILES string of the molecule is CCOC(=O)c1cc(N)cnc1N(C)Cc1ccoc1. The van der Waals surface area contributed by atoms with Crippen molar-refractivity contribution >= 4 is 17.5 Å². The molecule has 2 aromatic heterocycles. The number of carbonyl (C=O) groups excluding carboxylic acids is 1. The second kappa shape index (κ2) is 6.10. The highest BCUT2D eigenvalue weighted by atomic mass is 16.5. The molecule has 0 aliphatic carbocycles. The second-order valence-corrected chi connectivity index (χ2v) is 4.35. The number of rotatable bonds is 5. The van der Waals surface area contributed by atoms with Crippen LogP contribution in [0.4, 0.5) is 11.5 Å². The lowest BCUT2D eigenvalue weighted by Crippen LogP contribution is -2.21. The van der Waals surface area contributed by atoms with Crippen molar-refractivity contribution in [3.63, 3.8) is 0 Å². The first kappa shape index (κ1) is 13.9. The highest BCUT2D eigenvalue weighted by Gasteiger charge is 2.18. The van der Waals surface area contributed by atoms with Crippen molar-refractivity contribution in [2.24, 2.45) is 0 Å². The quantitative estimate of drug-likeness (QED) is 0.841. The van der Waals surface area contributed by atoms with E-state index in [1.54, 1.807) is 25.5 Å². The Morgan fingerprint density at radius 1 is 1.55 bits per heavy atom. The van der Waals surface area contributed by atoms with E-state index in [0.29, 0.717) is 30.2 Å². The molecule has 2 rings (SSSR count). The predicted molar refractivity (Wildman–Crippen MR) is 75.4 cm³/mol. The third-order valence-electron chi connectivity index (χ3n) is 2.74. The Hall–Kier alpha value is -2.50. The van der Waals surface area contributed by atoms with Crippen molar-refractivity contribution in [1.29, 1.82) is 0 Å². The van der Waals surface area contributed by atoms with Crippen LogP contribution in [0.5, 0.6) is 0 Å². The smallest absolute Gasteiger partial charge is 0.341 e. The van der Waals surface area contributed by atoms with Crippen LogP contribution in [0.3, 0.4) is 0 Å². The molecule has 0 aliphatic heterocycles. The van der Waals surface area contributed by atoms with Gasteiger partial charge in [0, 0.05) is 19.2 Å². The molecule has 2 N–H and O–H groups in total. The molecule has 20 heavy (non-hydrogen) atoms. The molecule has 0 bridgehead atoms. The summed E-state index contributed by atoms with van der Waals surface area (Å²) in [5, 5.41) is 0. The molecular formula is C14H17N3O3. The number of hydrogen-bond donors (Lipinski definition) is 1. The number of anilines is 2. The van der Waals surface area contributed by atoms with Crippen LogP contribution in [0.1, 0.15) is 22.8 Å². The average Bonchev–Trinajstić information content (AvgIpc) is 2.91. The number of esters is 1. The first-order valence-corrected chi connectivity index (χ1v) is 6.26. The van der Waals surface area contributed by atoms with Crippen LogP contribution in [0.15, 0.2) is 35.3 Å². The van der Waals surface area contributed by atoms with Gasteiger partial charge < -0.3 is 19.8 Å². The summed E-state index contributed by atoms with van der Waals surface area (Å²) in [5.74, 6) is 0.0974. The minimum Gasteiger partial charge on any atom is -0.472 e. The topological polar surface area (TPSA) is 81.6 Å². The summed E-state index contributed by atoms with van der Waals surface area (Å²) in [7, 11) is 1.84. The molecule has 0 saturated heterocycles. The van der Waals surface area contributed by atoms with Crippen molar-refractivity contribution < 1.29 is 13.9 Å². The lowest BCUT2D eigenvalue weighted by molar-refractivity contribution is 0.0526. The minimum absolute atomic E-state index is 0.304. The fourth-order valence-electron chi connectivity index (χ4n) is 1.87. The third-order valence-corrected chi connectivity index (χ3v) is 2.74. The fourth-order valence-corrected chi connectivity index (χ4v) is 1.87. The van der Waals surface area contributed by atoms with Crippen LogP contribution in [-0.4, -0.2) is 24.6 Å². The van der Waals surface area contributed by atoms with Gasteiger partial charge in [-0.25, -0.2) is 9.78 Å². The van der Waals surface area contributed by atoms with Crippen molar-refractivity contribution in [3.05, 3.63) is 42.0 Å². The van der Waals surface area contributed by atoms with Crippen molar-refractivity contribution in [1.82, 2.24) is 4.98 Å². The van der Waals surface area contributed by atoms with Gasteiger partial charge in [0.15, 0.2) is 0 Å². The maximum atomic E-state index is 12.0. The van der Waals surface area contributed by atoms with Gasteiger partial charge in [0.1, 0.15) is 11.4 Å². The number of nitrogen functional groups attached to an aromatic ring is 1. The van der Waals surface area contributed by atoms with Gasteiger partial charge in [0.2, 0.25) is 0 Å². The summed E-state index contributed by atoms with van der Waals surface area (Å²) >= 11 is 0. The number of nitrogens with zero attached hydrogens (tertiary/aromatic N) is 2. The van der Waals surface area contributed by atoms with E-state index in [4.69, 9.17) is 14.9 Å². The summed E-state index contributed by atoms with van der Waals surface area (Å²) < 4.78 is 10.1. The number of hydrogen-bond acceptors (Lipinski definition) is 6. The van der Waals surface area contributed by atoms with E-state index in [2.05, 4.69) is 4.98 Å². The Labute approximate surface area is 117 Å². The van der Waals surface area contributed by atoms with Gasteiger partial charge in [-0.15, -0.1) is 0 Å². The number of furan rings is 1. The summed E-state index contributed by atoms with van der Waals surface area (Å²) in [6.07, 6.45) is 4.77. The molecule has 106 valence electrons. The molecule has 0 radical (unpaired) electrons. The van der Waals surface area contributed by atoms with Crippen LogP contribution in [0, 0.1) is 0 Å². The van der Waals surface area contributed by atoms with Gasteiger partial charge in [-0.05, 0) is 19.1 Å². The number of aromatic nitrogens is 1. The second-order valence-electron chi connectivity index (χ2n) is 4.35. The van der Waals surface area contributed by atoms with Crippen LogP contribution < -0.4 is 10.6 Å². The zero-order valence-electron chi connectivity index (χ0n) is 11.5. The number of carbonyl (C=O) groups is 1. The van der Waals surface area contributed by atoms with E-state index >= 15 is 0 Å². The first-order chi connectivity index (χ1) is 9.61. The number of pyridine rings is 1. The molecule has 0 saturated carbocycles. The molecule has 0 unspecified atom stereocenters. The molecule has 0 fully saturated rings. The molecule has 0 atom stereocenters. The van der Waals surface area contributed by atoms with E-state index in [1.807, 2.05) is 18.0 Å². The molecule has 0 aromatic carbocycles. The van der Waals surface area contributed by atoms with Gasteiger partial charge in [-0.2, -0.15) is 0 Å². The van der Waals surface area contributed by atoms with E-state index in [9.17, 15) is 4.79 Å². The Balaban J connectivity index is 2.27. The van der Waals surface area contributed by atoms with Crippen LogP contribution >= 0.6 is 0 Å². The van der Waals surface area contributed by atoms with E-state index < -0.39 is 5.97 Å². The van der Waals surface area contributed by atoms with Gasteiger partial charge >= 0.3 is 5.97 Å². The molecule has 6 heteroatoms. The first-order valence-electron chi connectivity index (χ1n) is 6.26. The van der Waals surface area contributed by atoms with Crippen molar-refractivity contribution in [3.8, 4) is 0 Å². The van der Waals surface area contributed by atoms with Crippen molar-refractivity contribution in [2.75, 3.05) is 24.3 Å². The molecule has 6 nitrogen and oxygen atoms in total. The van der Waals surface area contributed by atoms with E-state index in [1.165, 1.54) is 6.20 Å². The zero-order valence-corrected chi connectivity index (χ0v) is 11.5. The molecule has 2 heterocycles. The lowest BCUT2D eigenvalue weighted by atomic mass is 10.2. The summed E-state index contributed by atoms with van der Waals surface area (Å²) in [6.45, 7) is 2.63. The molecule has 0 spiro atoms. The maximum absolute atomic E-state index is 12.0. The fraction of sp³-hybridized carbons (Fsp3) is 0.286. The molecular weight excluding hydrogens is 258 g/mol.